The third kappa shape index (κ3) is 5.36. The molecule has 0 spiro atoms. The molecule has 0 unspecified atom stereocenters. The van der Waals surface area contributed by atoms with Gasteiger partial charge in [0.15, 0.2) is 5.82 Å². The topological polar surface area (TPSA) is 124 Å². The lowest BCUT2D eigenvalue weighted by molar-refractivity contribution is -0.137. The molecule has 204 valence electrons. The maximum Gasteiger partial charge on any atom is 0.416 e. The van der Waals surface area contributed by atoms with E-state index in [2.05, 4.69) is 26.8 Å². The van der Waals surface area contributed by atoms with Crippen molar-refractivity contribution in [3.05, 3.63) is 60.4 Å². The van der Waals surface area contributed by atoms with Gasteiger partial charge in [-0.05, 0) is 24.6 Å². The zero-order valence-electron chi connectivity index (χ0n) is 20.6. The van der Waals surface area contributed by atoms with Gasteiger partial charge < -0.3 is 19.8 Å². The Bertz CT molecular complexity index is 1400. The van der Waals surface area contributed by atoms with E-state index in [4.69, 9.17) is 14.8 Å². The molecule has 2 aliphatic rings. The van der Waals surface area contributed by atoms with Crippen molar-refractivity contribution in [3.8, 4) is 17.1 Å². The van der Waals surface area contributed by atoms with Crippen molar-refractivity contribution in [2.45, 2.75) is 24.7 Å². The molecule has 0 radical (unpaired) electrons. The van der Waals surface area contributed by atoms with Crippen LogP contribution in [0.2, 0.25) is 0 Å². The minimum Gasteiger partial charge on any atom is -0.475 e. The molecular weight excluding hydrogens is 517 g/mol. The fourth-order valence-corrected chi connectivity index (χ4v) is 4.64. The van der Waals surface area contributed by atoms with E-state index in [0.717, 1.165) is 12.1 Å². The number of anilines is 3. The van der Waals surface area contributed by atoms with Gasteiger partial charge >= 0.3 is 12.2 Å². The van der Waals surface area contributed by atoms with Crippen LogP contribution in [0, 0.1) is 0 Å². The summed E-state index contributed by atoms with van der Waals surface area (Å²) < 4.78 is 45.5. The van der Waals surface area contributed by atoms with Crippen LogP contribution in [0.4, 0.5) is 35.3 Å². The first-order valence-corrected chi connectivity index (χ1v) is 12.1. The van der Waals surface area contributed by atoms with E-state index in [1.807, 2.05) is 0 Å². The molecule has 3 aromatic rings. The normalized spacial score (nSPS) is 17.0. The number of hydrogen-bond donors (Lipinski definition) is 3. The van der Waals surface area contributed by atoms with Crippen molar-refractivity contribution in [2.75, 3.05) is 41.4 Å². The molecule has 2 bridgehead atoms. The first-order valence-electron chi connectivity index (χ1n) is 12.1. The second-order valence-corrected chi connectivity index (χ2v) is 9.13. The highest BCUT2D eigenvalue weighted by Crippen LogP contribution is 2.42. The maximum atomic E-state index is 13.5. The molecule has 1 saturated heterocycles. The Morgan fingerprint density at radius 2 is 2.10 bits per heavy atom. The van der Waals surface area contributed by atoms with Gasteiger partial charge in [-0.25, -0.2) is 19.7 Å². The summed E-state index contributed by atoms with van der Waals surface area (Å²) in [7, 11) is 0. The number of aliphatic hydroxyl groups excluding tert-OH is 2. The van der Waals surface area contributed by atoms with Gasteiger partial charge in [0.05, 0.1) is 29.6 Å². The molecule has 39 heavy (non-hydrogen) atoms. The van der Waals surface area contributed by atoms with Crippen LogP contribution in [-0.2, 0) is 6.18 Å². The highest BCUT2D eigenvalue weighted by Gasteiger charge is 2.41. The van der Waals surface area contributed by atoms with E-state index in [0.29, 0.717) is 36.6 Å². The van der Waals surface area contributed by atoms with Crippen LogP contribution >= 0.6 is 0 Å². The maximum absolute atomic E-state index is 13.5. The molecule has 5 rings (SSSR count). The third-order valence-corrected chi connectivity index (χ3v) is 6.52. The van der Waals surface area contributed by atoms with E-state index < -0.39 is 30.5 Å². The van der Waals surface area contributed by atoms with Crippen molar-refractivity contribution in [3.63, 3.8) is 0 Å². The van der Waals surface area contributed by atoms with Gasteiger partial charge in [0.25, 0.3) is 0 Å². The molecular formula is C26H25F3N6O4. The number of amides is 2. The van der Waals surface area contributed by atoms with Crippen molar-refractivity contribution in [2.24, 2.45) is 0 Å². The molecule has 4 heterocycles. The van der Waals surface area contributed by atoms with E-state index in [1.54, 1.807) is 6.07 Å². The van der Waals surface area contributed by atoms with E-state index in [-0.39, 0.29) is 35.6 Å². The van der Waals surface area contributed by atoms with Gasteiger partial charge in [-0.3, -0.25) is 10.2 Å². The monoisotopic (exact) mass is 542 g/mol. The Labute approximate surface area is 221 Å². The average molecular weight is 543 g/mol. The number of aliphatic hydroxyl groups is 2. The molecule has 2 atom stereocenters. The van der Waals surface area contributed by atoms with E-state index in [1.165, 1.54) is 35.5 Å². The highest BCUT2D eigenvalue weighted by atomic mass is 19.4. The number of hydrogen-bond acceptors (Lipinski definition) is 8. The van der Waals surface area contributed by atoms with Crippen molar-refractivity contribution < 1.29 is 32.9 Å². The minimum absolute atomic E-state index is 0.0828. The standard InChI is InChI=1S/C26H25F3N6O4/c1-2-15-9-20-24(33-23(15)16-4-3-5-17(8-16)26(27,28)29)35(18-6-7-34(20)11-18)25(38)32-21-10-22(31-14-30-21)39-13-19(37)12-36/h2-5,8-10,14,18-19,36-37H,1,6-7,11-13H2,(H,30,31,32,38)/t18-,19+/m0/s1. The number of pyridine rings is 1. The minimum atomic E-state index is -4.52. The number of carbonyl (C=O) groups is 1. The van der Waals surface area contributed by atoms with Crippen LogP contribution in [-0.4, -0.2) is 69.6 Å². The second-order valence-electron chi connectivity index (χ2n) is 9.13. The predicted molar refractivity (Wildman–Crippen MR) is 138 cm³/mol. The van der Waals surface area contributed by atoms with Gasteiger partial charge in [-0.2, -0.15) is 13.2 Å². The first-order chi connectivity index (χ1) is 18.7. The molecule has 1 fully saturated rings. The SMILES string of the molecule is C=Cc1cc2c(nc1-c1cccc(C(F)(F)F)c1)N(C(=O)Nc1cc(OC[C@H](O)CO)ncn1)[C@H]1CCN2C1. The van der Waals surface area contributed by atoms with Crippen molar-refractivity contribution >= 4 is 29.4 Å². The Morgan fingerprint density at radius 1 is 1.28 bits per heavy atom. The summed E-state index contributed by atoms with van der Waals surface area (Å²) in [6.45, 7) is 4.39. The van der Waals surface area contributed by atoms with Gasteiger partial charge in [-0.1, -0.05) is 24.8 Å². The molecule has 2 amide bonds. The van der Waals surface area contributed by atoms with E-state index >= 15 is 0 Å². The predicted octanol–water partition coefficient (Wildman–Crippen LogP) is 3.56. The van der Waals surface area contributed by atoms with Gasteiger partial charge in [0.1, 0.15) is 24.9 Å². The van der Waals surface area contributed by atoms with Gasteiger partial charge in [-0.15, -0.1) is 0 Å². The quantitative estimate of drug-likeness (QED) is 0.414. The van der Waals surface area contributed by atoms with Crippen molar-refractivity contribution in [1.82, 2.24) is 15.0 Å². The van der Waals surface area contributed by atoms with Crippen LogP contribution in [0.1, 0.15) is 17.5 Å². The van der Waals surface area contributed by atoms with Gasteiger partial charge in [0.2, 0.25) is 5.88 Å². The average Bonchev–Trinajstić information content (AvgIpc) is 3.35. The summed E-state index contributed by atoms with van der Waals surface area (Å²) in [6, 6.07) is 7.29. The number of aromatic nitrogens is 3. The Morgan fingerprint density at radius 3 is 2.85 bits per heavy atom. The molecule has 0 aliphatic carbocycles. The van der Waals surface area contributed by atoms with E-state index in [9.17, 15) is 23.1 Å². The van der Waals surface area contributed by atoms with Crippen molar-refractivity contribution in [1.29, 1.82) is 0 Å². The summed E-state index contributed by atoms with van der Waals surface area (Å²) in [6.07, 6.45) is -2.23. The summed E-state index contributed by atoms with van der Waals surface area (Å²) >= 11 is 0. The first kappa shape index (κ1) is 26.4. The molecule has 1 aromatic carbocycles. The molecule has 2 aromatic heterocycles. The number of carbonyl (C=O) groups excluding carboxylic acids is 1. The number of alkyl halides is 3. The highest BCUT2D eigenvalue weighted by molar-refractivity contribution is 6.04. The number of rotatable bonds is 7. The van der Waals surface area contributed by atoms with Crippen LogP contribution in [0.5, 0.6) is 5.88 Å². The number of ether oxygens (including phenoxy) is 1. The largest absolute Gasteiger partial charge is 0.475 e. The summed E-state index contributed by atoms with van der Waals surface area (Å²) in [5.74, 6) is 0.529. The fourth-order valence-electron chi connectivity index (χ4n) is 4.64. The number of fused-ring (bicyclic) bond motifs is 4. The zero-order valence-corrected chi connectivity index (χ0v) is 20.6. The molecule has 2 aliphatic heterocycles. The number of urea groups is 1. The number of halogens is 3. The molecule has 0 saturated carbocycles. The lowest BCUT2D eigenvalue weighted by atomic mass is 10.0. The Hall–Kier alpha value is -4.23. The van der Waals surface area contributed by atoms with Crippen LogP contribution in [0.15, 0.2) is 49.3 Å². The zero-order chi connectivity index (χ0) is 27.7. The third-order valence-electron chi connectivity index (χ3n) is 6.52. The lowest BCUT2D eigenvalue weighted by Gasteiger charge is -2.36. The number of benzene rings is 1. The molecule has 3 N–H and O–H groups in total. The van der Waals surface area contributed by atoms with Crippen LogP contribution in [0.3, 0.4) is 0 Å². The van der Waals surface area contributed by atoms with Crippen LogP contribution < -0.4 is 19.9 Å². The summed E-state index contributed by atoms with van der Waals surface area (Å²) in [5.41, 5.74) is 0.936. The Kier molecular flexibility index (Phi) is 7.10. The van der Waals surface area contributed by atoms with Crippen LogP contribution in [0.25, 0.3) is 17.3 Å². The Balaban J connectivity index is 1.49. The summed E-state index contributed by atoms with van der Waals surface area (Å²) in [4.78, 5) is 29.8. The lowest BCUT2D eigenvalue weighted by Crippen LogP contribution is -2.48. The fraction of sp³-hybridized carbons (Fsp3) is 0.308. The number of nitrogens with zero attached hydrogens (tertiary/aromatic N) is 5. The molecule has 13 heteroatoms. The summed E-state index contributed by atoms with van der Waals surface area (Å²) in [5, 5.41) is 21.1. The molecule has 10 nitrogen and oxygen atoms in total. The smallest absolute Gasteiger partial charge is 0.416 e. The second kappa shape index (κ2) is 10.5. The van der Waals surface area contributed by atoms with Gasteiger partial charge in [0, 0.05) is 30.3 Å². The number of nitrogens with one attached hydrogen (secondary N) is 1.